The maximum atomic E-state index is 5.95. The van der Waals surface area contributed by atoms with Crippen LogP contribution in [-0.4, -0.2) is 12.1 Å². The quantitative estimate of drug-likeness (QED) is 0.572. The van der Waals surface area contributed by atoms with Gasteiger partial charge in [-0.15, -0.1) is 0 Å². The van der Waals surface area contributed by atoms with Crippen LogP contribution in [0.25, 0.3) is 0 Å². The monoisotopic (exact) mass is 168 g/mol. The average Bonchev–Trinajstić information content (AvgIpc) is 2.03. The molecule has 4 atom stereocenters. The Morgan fingerprint density at radius 2 is 1.17 bits per heavy atom. The van der Waals surface area contributed by atoms with E-state index in [1.54, 1.807) is 0 Å². The molecule has 12 heavy (non-hydrogen) atoms. The van der Waals surface area contributed by atoms with Gasteiger partial charge in [0.25, 0.3) is 0 Å². The zero-order valence-corrected chi connectivity index (χ0v) is 7.71. The first-order chi connectivity index (χ1) is 5.75. The summed E-state index contributed by atoms with van der Waals surface area (Å²) in [6.45, 7) is 0. The molecule has 0 heterocycles. The summed E-state index contributed by atoms with van der Waals surface area (Å²) in [5.74, 6) is 1.82. The minimum Gasteiger partial charge on any atom is -0.328 e. The smallest absolute Gasteiger partial charge is 0.00416 e. The van der Waals surface area contributed by atoms with Crippen molar-refractivity contribution in [2.75, 3.05) is 0 Å². The van der Waals surface area contributed by atoms with Gasteiger partial charge in [-0.3, -0.25) is 0 Å². The van der Waals surface area contributed by atoms with Gasteiger partial charge in [-0.05, 0) is 50.4 Å². The molecule has 2 heteroatoms. The molecule has 2 aliphatic rings. The summed E-state index contributed by atoms with van der Waals surface area (Å²) in [6, 6.07) is 0.938. The summed E-state index contributed by atoms with van der Waals surface area (Å²) >= 11 is 0. The molecule has 0 spiro atoms. The summed E-state index contributed by atoms with van der Waals surface area (Å²) in [7, 11) is 0. The number of rotatable bonds is 0. The van der Waals surface area contributed by atoms with Crippen LogP contribution in [0.4, 0.5) is 0 Å². The number of hydrogen-bond acceptors (Lipinski definition) is 2. The molecule has 2 nitrogen and oxygen atoms in total. The van der Waals surface area contributed by atoms with Crippen LogP contribution in [0.2, 0.25) is 0 Å². The predicted molar refractivity (Wildman–Crippen MR) is 50.6 cm³/mol. The van der Waals surface area contributed by atoms with E-state index in [1.165, 1.54) is 38.5 Å². The van der Waals surface area contributed by atoms with Gasteiger partial charge >= 0.3 is 0 Å². The molecule has 0 saturated heterocycles. The number of hydrogen-bond donors (Lipinski definition) is 2. The maximum Gasteiger partial charge on any atom is 0.00416 e. The third-order valence-electron chi connectivity index (χ3n) is 3.69. The second-order valence-corrected chi connectivity index (χ2v) is 4.67. The Bertz CT molecular complexity index is 142. The van der Waals surface area contributed by atoms with Crippen molar-refractivity contribution in [1.82, 2.24) is 0 Å². The Morgan fingerprint density at radius 1 is 0.667 bits per heavy atom. The lowest BCUT2D eigenvalue weighted by atomic mass is 9.68. The Hall–Kier alpha value is -0.0800. The summed E-state index contributed by atoms with van der Waals surface area (Å²) in [5.41, 5.74) is 11.9. The topological polar surface area (TPSA) is 52.0 Å². The van der Waals surface area contributed by atoms with E-state index in [1.807, 2.05) is 0 Å². The highest BCUT2D eigenvalue weighted by atomic mass is 14.7. The zero-order valence-electron chi connectivity index (χ0n) is 7.71. The zero-order chi connectivity index (χ0) is 8.55. The summed E-state index contributed by atoms with van der Waals surface area (Å²) in [6.07, 6.45) is 7.68. The normalized spacial score (nSPS) is 48.5. The molecular formula is C10H20N2. The maximum absolute atomic E-state index is 5.95. The van der Waals surface area contributed by atoms with Gasteiger partial charge in [0.2, 0.25) is 0 Å². The Labute approximate surface area is 74.7 Å². The highest BCUT2D eigenvalue weighted by Gasteiger charge is 2.33. The van der Waals surface area contributed by atoms with Gasteiger partial charge in [0.15, 0.2) is 0 Å². The predicted octanol–water partition coefficient (Wildman–Crippen LogP) is 1.24. The minimum absolute atomic E-state index is 0.469. The Kier molecular flexibility index (Phi) is 2.37. The second-order valence-electron chi connectivity index (χ2n) is 4.67. The number of nitrogens with two attached hydrogens (primary N) is 2. The van der Waals surface area contributed by atoms with E-state index < -0.39 is 0 Å². The van der Waals surface area contributed by atoms with Gasteiger partial charge in [-0.2, -0.15) is 0 Å². The van der Waals surface area contributed by atoms with E-state index in [4.69, 9.17) is 11.5 Å². The standard InChI is InChI=1S/C10H20N2/c11-9-3-1-7-2-4-10(12)6-8(7)5-9/h7-10H,1-6,11-12H2/t7?,8?,9-,10+. The van der Waals surface area contributed by atoms with Crippen LogP contribution in [0.15, 0.2) is 0 Å². The molecule has 0 radical (unpaired) electrons. The van der Waals surface area contributed by atoms with E-state index in [0.717, 1.165) is 11.8 Å². The van der Waals surface area contributed by atoms with Crippen molar-refractivity contribution in [2.24, 2.45) is 23.3 Å². The van der Waals surface area contributed by atoms with E-state index in [9.17, 15) is 0 Å². The summed E-state index contributed by atoms with van der Waals surface area (Å²) < 4.78 is 0. The lowest BCUT2D eigenvalue weighted by molar-refractivity contribution is 0.144. The molecule has 0 aliphatic heterocycles. The average molecular weight is 168 g/mol. The fourth-order valence-corrected chi connectivity index (χ4v) is 2.97. The molecule has 0 amide bonds. The van der Waals surface area contributed by atoms with Crippen molar-refractivity contribution in [3.05, 3.63) is 0 Å². The first-order valence-electron chi connectivity index (χ1n) is 5.27. The molecule has 2 aliphatic carbocycles. The van der Waals surface area contributed by atoms with Crippen molar-refractivity contribution in [2.45, 2.75) is 50.6 Å². The van der Waals surface area contributed by atoms with Crippen molar-refractivity contribution >= 4 is 0 Å². The Balaban J connectivity index is 1.94. The van der Waals surface area contributed by atoms with E-state index >= 15 is 0 Å². The lowest BCUT2D eigenvalue weighted by Crippen LogP contribution is -2.40. The molecular weight excluding hydrogens is 148 g/mol. The van der Waals surface area contributed by atoms with Gasteiger partial charge in [-0.1, -0.05) is 0 Å². The molecule has 0 aromatic rings. The van der Waals surface area contributed by atoms with E-state index in [0.29, 0.717) is 12.1 Å². The lowest BCUT2D eigenvalue weighted by Gasteiger charge is -2.40. The summed E-state index contributed by atoms with van der Waals surface area (Å²) in [4.78, 5) is 0. The largest absolute Gasteiger partial charge is 0.328 e. The van der Waals surface area contributed by atoms with Gasteiger partial charge in [0, 0.05) is 12.1 Å². The molecule has 2 rings (SSSR count). The van der Waals surface area contributed by atoms with E-state index in [-0.39, 0.29) is 0 Å². The van der Waals surface area contributed by atoms with Gasteiger partial charge in [0.05, 0.1) is 0 Å². The highest BCUT2D eigenvalue weighted by molar-refractivity contribution is 4.88. The first-order valence-corrected chi connectivity index (χ1v) is 5.27. The molecule has 2 fully saturated rings. The third kappa shape index (κ3) is 1.64. The fourth-order valence-electron chi connectivity index (χ4n) is 2.97. The van der Waals surface area contributed by atoms with Gasteiger partial charge in [-0.25, -0.2) is 0 Å². The molecule has 4 N–H and O–H groups in total. The second kappa shape index (κ2) is 3.35. The molecule has 70 valence electrons. The molecule has 0 aromatic carbocycles. The van der Waals surface area contributed by atoms with E-state index in [2.05, 4.69) is 0 Å². The number of fused-ring (bicyclic) bond motifs is 1. The van der Waals surface area contributed by atoms with Crippen LogP contribution in [0.3, 0.4) is 0 Å². The van der Waals surface area contributed by atoms with Crippen molar-refractivity contribution in [3.8, 4) is 0 Å². The van der Waals surface area contributed by atoms with Gasteiger partial charge < -0.3 is 11.5 Å². The van der Waals surface area contributed by atoms with Crippen LogP contribution >= 0.6 is 0 Å². The van der Waals surface area contributed by atoms with Crippen LogP contribution in [0.5, 0.6) is 0 Å². The molecule has 0 aromatic heterocycles. The van der Waals surface area contributed by atoms with Crippen molar-refractivity contribution in [1.29, 1.82) is 0 Å². The summed E-state index contributed by atoms with van der Waals surface area (Å²) in [5, 5.41) is 0. The third-order valence-corrected chi connectivity index (χ3v) is 3.69. The fraction of sp³-hybridized carbons (Fsp3) is 1.00. The van der Waals surface area contributed by atoms with Crippen LogP contribution in [0.1, 0.15) is 38.5 Å². The molecule has 2 unspecified atom stereocenters. The Morgan fingerprint density at radius 3 is 1.67 bits per heavy atom. The highest BCUT2D eigenvalue weighted by Crippen LogP contribution is 2.39. The van der Waals surface area contributed by atoms with Crippen LogP contribution < -0.4 is 11.5 Å². The molecule has 2 saturated carbocycles. The first kappa shape index (κ1) is 8.52. The minimum atomic E-state index is 0.469. The molecule has 0 bridgehead atoms. The van der Waals surface area contributed by atoms with Crippen LogP contribution in [-0.2, 0) is 0 Å². The van der Waals surface area contributed by atoms with Crippen LogP contribution in [0, 0.1) is 11.8 Å². The van der Waals surface area contributed by atoms with Crippen molar-refractivity contribution < 1.29 is 0 Å². The SMILES string of the molecule is N[C@@H]1CCC2CC[C@H](N)CC2C1. The van der Waals surface area contributed by atoms with Gasteiger partial charge in [0.1, 0.15) is 0 Å². The van der Waals surface area contributed by atoms with Crippen molar-refractivity contribution in [3.63, 3.8) is 0 Å².